The van der Waals surface area contributed by atoms with Crippen LogP contribution in [-0.4, -0.2) is 24.9 Å². The Labute approximate surface area is 135 Å². The number of non-ortho nitro benzene ring substituents is 1. The molecule has 0 unspecified atom stereocenters. The molecule has 7 nitrogen and oxygen atoms in total. The Balaban J connectivity index is 2.09. The Morgan fingerprint density at radius 2 is 2.04 bits per heavy atom. The number of rotatable bonds is 7. The maximum absolute atomic E-state index is 12.3. The van der Waals surface area contributed by atoms with E-state index in [4.69, 9.17) is 4.74 Å². The zero-order chi connectivity index (χ0) is 17.5. The summed E-state index contributed by atoms with van der Waals surface area (Å²) in [6, 6.07) is 10.1. The molecule has 126 valence electrons. The number of hydrazone groups is 1. The molecule has 0 fully saturated rings. The average molecular weight is 337 g/mol. The quantitative estimate of drug-likeness (QED) is 0.473. The molecule has 0 aliphatic heterocycles. The molecule has 0 atom stereocenters. The van der Waals surface area contributed by atoms with Crippen LogP contribution in [0, 0.1) is 10.1 Å². The van der Waals surface area contributed by atoms with Gasteiger partial charge in [-0.25, -0.2) is 0 Å². The Kier molecular flexibility index (Phi) is 5.61. The Morgan fingerprint density at radius 3 is 2.71 bits per heavy atom. The van der Waals surface area contributed by atoms with Crippen molar-refractivity contribution in [3.8, 4) is 11.5 Å². The van der Waals surface area contributed by atoms with Gasteiger partial charge in [-0.1, -0.05) is 6.07 Å². The minimum absolute atomic E-state index is 0.0645. The summed E-state index contributed by atoms with van der Waals surface area (Å²) in [5.41, 5.74) is 3.58. The molecule has 0 heterocycles. The van der Waals surface area contributed by atoms with E-state index in [1.807, 2.05) is 0 Å². The van der Waals surface area contributed by atoms with Gasteiger partial charge in [-0.05, 0) is 29.8 Å². The molecular weight excluding hydrogens is 324 g/mol. The van der Waals surface area contributed by atoms with E-state index in [0.29, 0.717) is 11.3 Å². The van der Waals surface area contributed by atoms with Crippen LogP contribution < -0.4 is 14.9 Å². The molecule has 0 aromatic heterocycles. The number of nitrogens with zero attached hydrogens (tertiary/aromatic N) is 2. The van der Waals surface area contributed by atoms with Crippen LogP contribution in [-0.2, 0) is 0 Å². The van der Waals surface area contributed by atoms with Crippen molar-refractivity contribution in [2.45, 2.75) is 6.61 Å². The number of ether oxygens (including phenoxy) is 2. The highest BCUT2D eigenvalue weighted by molar-refractivity contribution is 5.81. The van der Waals surface area contributed by atoms with Crippen LogP contribution in [0.3, 0.4) is 0 Å². The lowest BCUT2D eigenvalue weighted by Crippen LogP contribution is -2.03. The van der Waals surface area contributed by atoms with Crippen molar-refractivity contribution in [1.29, 1.82) is 0 Å². The first-order chi connectivity index (χ1) is 11.5. The lowest BCUT2D eigenvalue weighted by atomic mass is 10.2. The number of nitro groups is 1. The van der Waals surface area contributed by atoms with Gasteiger partial charge in [0, 0.05) is 12.1 Å². The smallest absolute Gasteiger partial charge is 0.387 e. The van der Waals surface area contributed by atoms with Crippen LogP contribution in [0.25, 0.3) is 0 Å². The molecule has 0 aliphatic rings. The number of alkyl halides is 2. The minimum Gasteiger partial charge on any atom is -0.493 e. The number of hydrogen-bond acceptors (Lipinski definition) is 6. The fourth-order valence-corrected chi connectivity index (χ4v) is 1.83. The molecule has 2 aromatic rings. The minimum atomic E-state index is -2.95. The summed E-state index contributed by atoms with van der Waals surface area (Å²) in [6.07, 6.45) is 1.41. The second kappa shape index (κ2) is 7.86. The molecule has 1 N–H and O–H groups in total. The maximum Gasteiger partial charge on any atom is 0.387 e. The van der Waals surface area contributed by atoms with Gasteiger partial charge in [0.2, 0.25) is 0 Å². The molecular formula is C15H13F2N3O4. The van der Waals surface area contributed by atoms with Crippen LogP contribution in [0.1, 0.15) is 5.56 Å². The van der Waals surface area contributed by atoms with Gasteiger partial charge in [0.1, 0.15) is 0 Å². The monoisotopic (exact) mass is 337 g/mol. The number of nitrogens with one attached hydrogen (secondary N) is 1. The summed E-state index contributed by atoms with van der Waals surface area (Å²) in [7, 11) is 1.33. The molecule has 0 amide bonds. The second-order valence-electron chi connectivity index (χ2n) is 4.47. The third kappa shape index (κ3) is 4.63. The summed E-state index contributed by atoms with van der Waals surface area (Å²) in [6.45, 7) is -2.95. The van der Waals surface area contributed by atoms with Crippen molar-refractivity contribution >= 4 is 17.6 Å². The van der Waals surface area contributed by atoms with Gasteiger partial charge in [0.25, 0.3) is 5.69 Å². The standard InChI is InChI=1S/C15H13F2N3O4/c1-23-14-7-10(5-6-13(14)24-15(16)17)9-18-19-11-3-2-4-12(8-11)20(21)22/h2-9,15,19H,1H3. The molecule has 0 saturated carbocycles. The third-order valence-electron chi connectivity index (χ3n) is 2.87. The van der Waals surface area contributed by atoms with Gasteiger partial charge < -0.3 is 9.47 Å². The summed E-state index contributed by atoms with van der Waals surface area (Å²) in [5, 5.41) is 14.6. The maximum atomic E-state index is 12.3. The van der Waals surface area contributed by atoms with Crippen LogP contribution >= 0.6 is 0 Å². The predicted octanol–water partition coefficient (Wildman–Crippen LogP) is 3.65. The van der Waals surface area contributed by atoms with Crippen molar-refractivity contribution < 1.29 is 23.2 Å². The molecule has 0 spiro atoms. The Morgan fingerprint density at radius 1 is 1.25 bits per heavy atom. The van der Waals surface area contributed by atoms with Crippen molar-refractivity contribution in [3.63, 3.8) is 0 Å². The van der Waals surface area contributed by atoms with Gasteiger partial charge >= 0.3 is 6.61 Å². The highest BCUT2D eigenvalue weighted by Gasteiger charge is 2.10. The molecule has 0 aliphatic carbocycles. The van der Waals surface area contributed by atoms with Crippen molar-refractivity contribution in [3.05, 3.63) is 58.1 Å². The van der Waals surface area contributed by atoms with Crippen molar-refractivity contribution in [2.75, 3.05) is 12.5 Å². The van der Waals surface area contributed by atoms with E-state index in [1.165, 1.54) is 49.7 Å². The van der Waals surface area contributed by atoms with Gasteiger partial charge in [-0.2, -0.15) is 13.9 Å². The topological polar surface area (TPSA) is 86.0 Å². The van der Waals surface area contributed by atoms with Gasteiger partial charge in [-0.3, -0.25) is 15.5 Å². The second-order valence-corrected chi connectivity index (χ2v) is 4.47. The molecule has 2 aromatic carbocycles. The first kappa shape index (κ1) is 17.1. The Hall–Kier alpha value is -3.23. The largest absolute Gasteiger partial charge is 0.493 e. The van der Waals surface area contributed by atoms with Gasteiger partial charge in [0.05, 0.1) is 23.9 Å². The van der Waals surface area contributed by atoms with Gasteiger partial charge in [0.15, 0.2) is 11.5 Å². The number of methoxy groups -OCH3 is 1. The van der Waals surface area contributed by atoms with E-state index in [2.05, 4.69) is 15.3 Å². The molecule has 0 saturated heterocycles. The van der Waals surface area contributed by atoms with E-state index in [0.717, 1.165) is 0 Å². The lowest BCUT2D eigenvalue weighted by Gasteiger charge is -2.10. The number of nitro benzene ring substituents is 1. The van der Waals surface area contributed by atoms with E-state index in [9.17, 15) is 18.9 Å². The number of anilines is 1. The van der Waals surface area contributed by atoms with E-state index >= 15 is 0 Å². The lowest BCUT2D eigenvalue weighted by molar-refractivity contribution is -0.384. The first-order valence-electron chi connectivity index (χ1n) is 6.66. The molecule has 0 radical (unpaired) electrons. The SMILES string of the molecule is COc1cc(C=NNc2cccc([N+](=O)[O-])c2)ccc1OC(F)F. The zero-order valence-corrected chi connectivity index (χ0v) is 12.5. The van der Waals surface area contributed by atoms with Crippen LogP contribution in [0.2, 0.25) is 0 Å². The number of hydrogen-bond donors (Lipinski definition) is 1. The van der Waals surface area contributed by atoms with E-state index in [1.54, 1.807) is 6.07 Å². The molecule has 9 heteroatoms. The van der Waals surface area contributed by atoms with Crippen molar-refractivity contribution in [2.24, 2.45) is 5.10 Å². The van der Waals surface area contributed by atoms with Crippen LogP contribution in [0.4, 0.5) is 20.2 Å². The molecule has 2 rings (SSSR count). The van der Waals surface area contributed by atoms with Gasteiger partial charge in [-0.15, -0.1) is 0 Å². The first-order valence-corrected chi connectivity index (χ1v) is 6.66. The highest BCUT2D eigenvalue weighted by Crippen LogP contribution is 2.29. The van der Waals surface area contributed by atoms with Crippen LogP contribution in [0.15, 0.2) is 47.6 Å². The summed E-state index contributed by atoms with van der Waals surface area (Å²) in [4.78, 5) is 10.2. The summed E-state index contributed by atoms with van der Waals surface area (Å²) in [5.74, 6) is 0.0471. The number of halogens is 2. The molecule has 24 heavy (non-hydrogen) atoms. The molecule has 0 bridgehead atoms. The van der Waals surface area contributed by atoms with E-state index < -0.39 is 11.5 Å². The third-order valence-corrected chi connectivity index (χ3v) is 2.87. The Bertz CT molecular complexity index is 753. The fraction of sp³-hybridized carbons (Fsp3) is 0.133. The van der Waals surface area contributed by atoms with Crippen LogP contribution in [0.5, 0.6) is 11.5 Å². The summed E-state index contributed by atoms with van der Waals surface area (Å²) < 4.78 is 33.8. The highest BCUT2D eigenvalue weighted by atomic mass is 19.3. The van der Waals surface area contributed by atoms with E-state index in [-0.39, 0.29) is 17.2 Å². The summed E-state index contributed by atoms with van der Waals surface area (Å²) >= 11 is 0. The average Bonchev–Trinajstić information content (AvgIpc) is 2.56. The van der Waals surface area contributed by atoms with Crippen molar-refractivity contribution in [1.82, 2.24) is 0 Å². The zero-order valence-electron chi connectivity index (χ0n) is 12.5. The normalized spacial score (nSPS) is 10.8. The fourth-order valence-electron chi connectivity index (χ4n) is 1.83. The number of benzene rings is 2. The predicted molar refractivity (Wildman–Crippen MR) is 83.9 cm³/mol.